The Labute approximate surface area is 115 Å². The zero-order chi connectivity index (χ0) is 14.4. The fraction of sp³-hybridized carbons (Fsp3) is 0.0714. The molecule has 0 unspecified atom stereocenters. The Kier molecular flexibility index (Phi) is 4.14. The molecule has 1 heterocycles. The molecule has 1 amide bonds. The maximum atomic E-state index is 12.0. The molecule has 0 bridgehead atoms. The molecule has 0 aliphatic carbocycles. The number of aromatic nitrogens is 1. The normalized spacial score (nSPS) is 9.55. The summed E-state index contributed by atoms with van der Waals surface area (Å²) < 4.78 is 5.14. The standard InChI is InChI=1S/C14H11N3O3/c15-5-7-20-11-3-1-2-10(8-11)17-14(19)12-4-6-16-9-13(12)18/h1-4,6,8-9,18H,7H2,(H,17,19). The van der Waals surface area contributed by atoms with Crippen molar-refractivity contribution in [3.63, 3.8) is 0 Å². The number of ether oxygens (including phenoxy) is 1. The van der Waals surface area contributed by atoms with E-state index in [9.17, 15) is 9.90 Å². The first-order valence-corrected chi connectivity index (χ1v) is 5.75. The third-order valence-electron chi connectivity index (χ3n) is 2.44. The number of nitrogens with zero attached hydrogens (tertiary/aromatic N) is 2. The highest BCUT2D eigenvalue weighted by molar-refractivity contribution is 6.06. The second-order valence-electron chi connectivity index (χ2n) is 3.82. The van der Waals surface area contributed by atoms with Crippen LogP contribution in [0.25, 0.3) is 0 Å². The van der Waals surface area contributed by atoms with E-state index in [-0.39, 0.29) is 17.9 Å². The maximum absolute atomic E-state index is 12.0. The largest absolute Gasteiger partial charge is 0.505 e. The van der Waals surface area contributed by atoms with Crippen molar-refractivity contribution in [1.29, 1.82) is 5.26 Å². The number of benzene rings is 1. The van der Waals surface area contributed by atoms with Crippen LogP contribution < -0.4 is 10.1 Å². The molecule has 0 saturated carbocycles. The van der Waals surface area contributed by atoms with Crippen LogP contribution in [0.4, 0.5) is 5.69 Å². The van der Waals surface area contributed by atoms with Gasteiger partial charge >= 0.3 is 0 Å². The van der Waals surface area contributed by atoms with Crippen molar-refractivity contribution in [3.8, 4) is 17.6 Å². The maximum Gasteiger partial charge on any atom is 0.259 e. The number of hydrogen-bond acceptors (Lipinski definition) is 5. The van der Waals surface area contributed by atoms with Crippen LogP contribution in [0.15, 0.2) is 42.7 Å². The summed E-state index contributed by atoms with van der Waals surface area (Å²) in [5, 5.41) is 20.6. The first-order valence-electron chi connectivity index (χ1n) is 5.75. The third-order valence-corrected chi connectivity index (χ3v) is 2.44. The molecule has 0 radical (unpaired) electrons. The molecule has 100 valence electrons. The van der Waals surface area contributed by atoms with Crippen molar-refractivity contribution in [1.82, 2.24) is 4.98 Å². The first kappa shape index (κ1) is 13.4. The average molecular weight is 269 g/mol. The van der Waals surface area contributed by atoms with Crippen molar-refractivity contribution < 1.29 is 14.6 Å². The van der Waals surface area contributed by atoms with Crippen LogP contribution >= 0.6 is 0 Å². The summed E-state index contributed by atoms with van der Waals surface area (Å²) in [6.07, 6.45) is 2.61. The fourth-order valence-corrected chi connectivity index (χ4v) is 1.56. The summed E-state index contributed by atoms with van der Waals surface area (Å²) in [6, 6.07) is 9.91. The van der Waals surface area contributed by atoms with Crippen molar-refractivity contribution in [2.45, 2.75) is 0 Å². The van der Waals surface area contributed by atoms with E-state index in [4.69, 9.17) is 10.00 Å². The summed E-state index contributed by atoms with van der Waals surface area (Å²) >= 11 is 0. The number of nitrogens with one attached hydrogen (secondary N) is 1. The SMILES string of the molecule is N#CCOc1cccc(NC(=O)c2ccncc2O)c1. The molecule has 0 aliphatic heterocycles. The average Bonchev–Trinajstić information content (AvgIpc) is 2.46. The smallest absolute Gasteiger partial charge is 0.259 e. The Morgan fingerprint density at radius 2 is 2.30 bits per heavy atom. The number of nitriles is 1. The number of rotatable bonds is 4. The molecule has 0 spiro atoms. The fourth-order valence-electron chi connectivity index (χ4n) is 1.56. The Hall–Kier alpha value is -3.07. The lowest BCUT2D eigenvalue weighted by molar-refractivity contribution is 0.102. The molecule has 0 saturated heterocycles. The highest BCUT2D eigenvalue weighted by Gasteiger charge is 2.11. The molecule has 20 heavy (non-hydrogen) atoms. The van der Waals surface area contributed by atoms with Crippen LogP contribution in [0.5, 0.6) is 11.5 Å². The number of hydrogen-bond donors (Lipinski definition) is 2. The van der Waals surface area contributed by atoms with E-state index in [1.807, 2.05) is 6.07 Å². The van der Waals surface area contributed by atoms with E-state index in [1.54, 1.807) is 24.3 Å². The van der Waals surface area contributed by atoms with Gasteiger partial charge < -0.3 is 15.2 Å². The van der Waals surface area contributed by atoms with Gasteiger partial charge in [0, 0.05) is 18.0 Å². The van der Waals surface area contributed by atoms with E-state index in [2.05, 4.69) is 10.3 Å². The van der Waals surface area contributed by atoms with Gasteiger partial charge in [-0.2, -0.15) is 5.26 Å². The van der Waals surface area contributed by atoms with E-state index >= 15 is 0 Å². The van der Waals surface area contributed by atoms with Crippen LogP contribution in [-0.2, 0) is 0 Å². The second-order valence-corrected chi connectivity index (χ2v) is 3.82. The molecule has 0 fully saturated rings. The van der Waals surface area contributed by atoms with E-state index in [1.165, 1.54) is 18.5 Å². The number of amides is 1. The van der Waals surface area contributed by atoms with Gasteiger partial charge in [0.2, 0.25) is 0 Å². The Morgan fingerprint density at radius 1 is 1.45 bits per heavy atom. The lowest BCUT2D eigenvalue weighted by Crippen LogP contribution is -2.12. The predicted molar refractivity (Wildman–Crippen MR) is 71.4 cm³/mol. The Balaban J connectivity index is 2.12. The molecule has 2 N–H and O–H groups in total. The van der Waals surface area contributed by atoms with E-state index < -0.39 is 5.91 Å². The highest BCUT2D eigenvalue weighted by atomic mass is 16.5. The number of aromatic hydroxyl groups is 1. The van der Waals surface area contributed by atoms with Gasteiger partial charge in [-0.05, 0) is 18.2 Å². The monoisotopic (exact) mass is 269 g/mol. The van der Waals surface area contributed by atoms with Crippen molar-refractivity contribution in [2.24, 2.45) is 0 Å². The third kappa shape index (κ3) is 3.23. The van der Waals surface area contributed by atoms with Crippen LogP contribution in [0.1, 0.15) is 10.4 Å². The first-order chi connectivity index (χ1) is 9.70. The van der Waals surface area contributed by atoms with Gasteiger partial charge in [0.15, 0.2) is 6.61 Å². The van der Waals surface area contributed by atoms with Gasteiger partial charge in [0.25, 0.3) is 5.91 Å². The summed E-state index contributed by atoms with van der Waals surface area (Å²) in [6.45, 7) is -0.0669. The summed E-state index contributed by atoms with van der Waals surface area (Å²) in [4.78, 5) is 15.7. The minimum Gasteiger partial charge on any atom is -0.505 e. The number of pyridine rings is 1. The molecule has 2 rings (SSSR count). The molecule has 2 aromatic rings. The van der Waals surface area contributed by atoms with Gasteiger partial charge in [-0.25, -0.2) is 0 Å². The summed E-state index contributed by atoms with van der Waals surface area (Å²) in [5.74, 6) is -0.174. The zero-order valence-electron chi connectivity index (χ0n) is 10.4. The number of carbonyl (C=O) groups is 1. The molecular formula is C14H11N3O3. The van der Waals surface area contributed by atoms with E-state index in [0.717, 1.165) is 0 Å². The van der Waals surface area contributed by atoms with Crippen LogP contribution in [0, 0.1) is 11.3 Å². The summed E-state index contributed by atoms with van der Waals surface area (Å²) in [5.41, 5.74) is 0.630. The second kappa shape index (κ2) is 6.20. The lowest BCUT2D eigenvalue weighted by Gasteiger charge is -2.08. The molecule has 0 atom stereocenters. The molecule has 1 aromatic heterocycles. The molecule has 6 heteroatoms. The zero-order valence-corrected chi connectivity index (χ0v) is 10.4. The van der Waals surface area contributed by atoms with Gasteiger partial charge in [-0.1, -0.05) is 6.07 Å². The topological polar surface area (TPSA) is 95.2 Å². The van der Waals surface area contributed by atoms with Crippen molar-refractivity contribution in [3.05, 3.63) is 48.3 Å². The Morgan fingerprint density at radius 3 is 3.05 bits per heavy atom. The molecule has 0 aliphatic rings. The van der Waals surface area contributed by atoms with Gasteiger partial charge in [0.05, 0.1) is 11.8 Å². The molecular weight excluding hydrogens is 258 g/mol. The van der Waals surface area contributed by atoms with Gasteiger partial charge in [-0.3, -0.25) is 9.78 Å². The van der Waals surface area contributed by atoms with Crippen molar-refractivity contribution >= 4 is 11.6 Å². The predicted octanol–water partition coefficient (Wildman–Crippen LogP) is 1.94. The van der Waals surface area contributed by atoms with E-state index in [0.29, 0.717) is 11.4 Å². The molecule has 6 nitrogen and oxygen atoms in total. The highest BCUT2D eigenvalue weighted by Crippen LogP contribution is 2.20. The van der Waals surface area contributed by atoms with Crippen LogP contribution in [-0.4, -0.2) is 22.6 Å². The van der Waals surface area contributed by atoms with Crippen LogP contribution in [0.2, 0.25) is 0 Å². The lowest BCUT2D eigenvalue weighted by atomic mass is 10.2. The minimum atomic E-state index is -0.456. The summed E-state index contributed by atoms with van der Waals surface area (Å²) in [7, 11) is 0. The number of anilines is 1. The molecule has 1 aromatic carbocycles. The Bertz CT molecular complexity index is 665. The quantitative estimate of drug-likeness (QED) is 0.884. The van der Waals surface area contributed by atoms with Crippen LogP contribution in [0.3, 0.4) is 0 Å². The minimum absolute atomic E-state index is 0.0669. The number of carbonyl (C=O) groups excluding carboxylic acids is 1. The van der Waals surface area contributed by atoms with Gasteiger partial charge in [0.1, 0.15) is 17.6 Å². The van der Waals surface area contributed by atoms with Crippen molar-refractivity contribution in [2.75, 3.05) is 11.9 Å². The van der Waals surface area contributed by atoms with Gasteiger partial charge in [-0.15, -0.1) is 0 Å².